The Labute approximate surface area is 183 Å². The highest BCUT2D eigenvalue weighted by atomic mass is 32.2. The Hall–Kier alpha value is -2.45. The quantitative estimate of drug-likeness (QED) is 0.763. The molecular formula is C23H28FN3O3S. The number of hydrogen-bond donors (Lipinski definition) is 1. The van der Waals surface area contributed by atoms with Gasteiger partial charge in [0.05, 0.1) is 4.90 Å². The summed E-state index contributed by atoms with van der Waals surface area (Å²) < 4.78 is 41.5. The molecule has 1 saturated carbocycles. The van der Waals surface area contributed by atoms with Crippen LogP contribution in [-0.4, -0.2) is 56.3 Å². The van der Waals surface area contributed by atoms with Crippen LogP contribution in [0.3, 0.4) is 0 Å². The molecule has 1 saturated heterocycles. The molecule has 2 aliphatic rings. The Morgan fingerprint density at radius 1 is 1.03 bits per heavy atom. The fourth-order valence-corrected chi connectivity index (χ4v) is 5.47. The van der Waals surface area contributed by atoms with E-state index in [1.54, 1.807) is 25.1 Å². The van der Waals surface area contributed by atoms with E-state index in [1.165, 1.54) is 43.9 Å². The van der Waals surface area contributed by atoms with Gasteiger partial charge in [-0.05, 0) is 55.7 Å². The summed E-state index contributed by atoms with van der Waals surface area (Å²) in [5, 5.41) is 0. The van der Waals surface area contributed by atoms with Crippen LogP contribution in [0.5, 0.6) is 0 Å². The molecule has 1 aliphatic heterocycles. The lowest BCUT2D eigenvalue weighted by Crippen LogP contribution is -2.51. The molecule has 0 bridgehead atoms. The average Bonchev–Trinajstić information content (AvgIpc) is 3.30. The molecule has 2 aromatic rings. The predicted octanol–water partition coefficient (Wildman–Crippen LogP) is 3.64. The number of anilines is 1. The van der Waals surface area contributed by atoms with E-state index >= 15 is 0 Å². The Kier molecular flexibility index (Phi) is 6.29. The summed E-state index contributed by atoms with van der Waals surface area (Å²) in [5.41, 5.74) is 1.08. The summed E-state index contributed by atoms with van der Waals surface area (Å²) in [6, 6.07) is 10.9. The van der Waals surface area contributed by atoms with Gasteiger partial charge in [0.2, 0.25) is 0 Å². The van der Waals surface area contributed by atoms with Gasteiger partial charge in [0.1, 0.15) is 5.82 Å². The van der Waals surface area contributed by atoms with Crippen molar-refractivity contribution < 1.29 is 17.6 Å². The smallest absolute Gasteiger partial charge is 0.261 e. The second kappa shape index (κ2) is 8.96. The molecule has 8 heteroatoms. The molecule has 0 aromatic heterocycles. The molecular weight excluding hydrogens is 417 g/mol. The van der Waals surface area contributed by atoms with Crippen molar-refractivity contribution >= 4 is 21.6 Å². The maximum absolute atomic E-state index is 13.8. The number of carbonyl (C=O) groups is 1. The zero-order valence-corrected chi connectivity index (χ0v) is 18.5. The number of nitrogens with one attached hydrogen (secondary N) is 1. The second-order valence-electron chi connectivity index (χ2n) is 8.36. The van der Waals surface area contributed by atoms with Crippen molar-refractivity contribution in [2.45, 2.75) is 43.5 Å². The number of rotatable bonds is 5. The van der Waals surface area contributed by atoms with Crippen molar-refractivity contribution in [1.29, 1.82) is 0 Å². The largest absolute Gasteiger partial charge is 0.336 e. The van der Waals surface area contributed by atoms with Gasteiger partial charge in [-0.15, -0.1) is 0 Å². The van der Waals surface area contributed by atoms with E-state index < -0.39 is 15.8 Å². The third-order valence-corrected chi connectivity index (χ3v) is 7.64. The number of benzene rings is 2. The number of amides is 1. The van der Waals surface area contributed by atoms with Gasteiger partial charge in [0.25, 0.3) is 15.9 Å². The van der Waals surface area contributed by atoms with E-state index in [-0.39, 0.29) is 16.5 Å². The molecule has 1 heterocycles. The third kappa shape index (κ3) is 4.91. The first-order valence-corrected chi connectivity index (χ1v) is 12.2. The van der Waals surface area contributed by atoms with Gasteiger partial charge in [-0.1, -0.05) is 25.0 Å². The maximum Gasteiger partial charge on any atom is 0.261 e. The minimum absolute atomic E-state index is 0.103. The number of aryl methyl sites for hydroxylation is 1. The molecule has 166 valence electrons. The van der Waals surface area contributed by atoms with Crippen LogP contribution in [0.25, 0.3) is 0 Å². The third-order valence-electron chi connectivity index (χ3n) is 6.26. The van der Waals surface area contributed by atoms with Crippen LogP contribution < -0.4 is 4.72 Å². The van der Waals surface area contributed by atoms with Crippen molar-refractivity contribution in [3.63, 3.8) is 0 Å². The van der Waals surface area contributed by atoms with Crippen LogP contribution in [-0.2, 0) is 10.0 Å². The van der Waals surface area contributed by atoms with Crippen molar-refractivity contribution in [1.82, 2.24) is 9.80 Å². The molecule has 6 nitrogen and oxygen atoms in total. The lowest BCUT2D eigenvalue weighted by Gasteiger charge is -2.38. The van der Waals surface area contributed by atoms with Crippen LogP contribution in [0.4, 0.5) is 10.1 Å². The normalized spacial score (nSPS) is 18.3. The van der Waals surface area contributed by atoms with Crippen molar-refractivity contribution in [2.75, 3.05) is 30.9 Å². The first-order chi connectivity index (χ1) is 14.8. The topological polar surface area (TPSA) is 69.7 Å². The highest BCUT2D eigenvalue weighted by Crippen LogP contribution is 2.25. The molecule has 4 rings (SSSR count). The van der Waals surface area contributed by atoms with Gasteiger partial charge in [0.15, 0.2) is 0 Å². The summed E-state index contributed by atoms with van der Waals surface area (Å²) in [6.07, 6.45) is 5.09. The summed E-state index contributed by atoms with van der Waals surface area (Å²) in [6.45, 7) is 4.67. The number of sulfonamides is 1. The van der Waals surface area contributed by atoms with Crippen LogP contribution >= 0.6 is 0 Å². The Balaban J connectivity index is 1.43. The first-order valence-electron chi connectivity index (χ1n) is 10.8. The van der Waals surface area contributed by atoms with Gasteiger partial charge in [-0.2, -0.15) is 0 Å². The van der Waals surface area contributed by atoms with E-state index in [9.17, 15) is 17.6 Å². The second-order valence-corrected chi connectivity index (χ2v) is 10.0. The molecule has 2 aromatic carbocycles. The Morgan fingerprint density at radius 3 is 2.42 bits per heavy atom. The van der Waals surface area contributed by atoms with Crippen LogP contribution in [0.2, 0.25) is 0 Å². The van der Waals surface area contributed by atoms with E-state index in [0.29, 0.717) is 30.3 Å². The number of piperazine rings is 1. The van der Waals surface area contributed by atoms with Crippen LogP contribution in [0.15, 0.2) is 47.4 Å². The maximum atomic E-state index is 13.8. The Bertz CT molecular complexity index is 1060. The van der Waals surface area contributed by atoms with Crippen molar-refractivity contribution in [3.8, 4) is 0 Å². The number of nitrogens with zero attached hydrogens (tertiary/aromatic N) is 2. The minimum atomic E-state index is -3.96. The zero-order valence-electron chi connectivity index (χ0n) is 17.7. The summed E-state index contributed by atoms with van der Waals surface area (Å²) in [5.74, 6) is -0.683. The molecule has 1 aliphatic carbocycles. The summed E-state index contributed by atoms with van der Waals surface area (Å²) >= 11 is 0. The summed E-state index contributed by atoms with van der Waals surface area (Å²) in [7, 11) is -3.96. The lowest BCUT2D eigenvalue weighted by molar-refractivity contribution is 0.0573. The molecule has 0 atom stereocenters. The molecule has 0 spiro atoms. The lowest BCUT2D eigenvalue weighted by atomic mass is 10.1. The molecule has 2 fully saturated rings. The van der Waals surface area contributed by atoms with Gasteiger partial charge in [0, 0.05) is 43.5 Å². The zero-order chi connectivity index (χ0) is 22.0. The molecule has 31 heavy (non-hydrogen) atoms. The molecule has 0 radical (unpaired) electrons. The number of halogens is 1. The van der Waals surface area contributed by atoms with Gasteiger partial charge < -0.3 is 4.90 Å². The number of carbonyl (C=O) groups excluding carboxylic acids is 1. The summed E-state index contributed by atoms with van der Waals surface area (Å²) in [4.78, 5) is 17.1. The van der Waals surface area contributed by atoms with E-state index in [2.05, 4.69) is 9.62 Å². The van der Waals surface area contributed by atoms with Gasteiger partial charge in [-0.25, -0.2) is 12.8 Å². The van der Waals surface area contributed by atoms with E-state index in [4.69, 9.17) is 0 Å². The van der Waals surface area contributed by atoms with Gasteiger partial charge >= 0.3 is 0 Å². The minimum Gasteiger partial charge on any atom is -0.336 e. The monoisotopic (exact) mass is 445 g/mol. The molecule has 1 N–H and O–H groups in total. The standard InChI is InChI=1S/C23H28FN3O3S/c1-17-9-10-21(16-22(17)24)31(29,30)25-19-6-4-5-18(15-19)23(28)27-13-11-26(12-14-27)20-7-2-3-8-20/h4-6,9-10,15-16,20,25H,2-3,7-8,11-14H2,1H3. The predicted molar refractivity (Wildman–Crippen MR) is 118 cm³/mol. The Morgan fingerprint density at radius 2 is 1.74 bits per heavy atom. The van der Waals surface area contributed by atoms with Crippen molar-refractivity contribution in [3.05, 3.63) is 59.4 Å². The van der Waals surface area contributed by atoms with E-state index in [1.807, 2.05) is 4.90 Å². The van der Waals surface area contributed by atoms with Crippen LogP contribution in [0, 0.1) is 12.7 Å². The molecule has 1 amide bonds. The number of hydrogen-bond acceptors (Lipinski definition) is 4. The first kappa shape index (κ1) is 21.8. The fraction of sp³-hybridized carbons (Fsp3) is 0.435. The molecule has 0 unspecified atom stereocenters. The highest BCUT2D eigenvalue weighted by Gasteiger charge is 2.28. The average molecular weight is 446 g/mol. The van der Waals surface area contributed by atoms with Crippen molar-refractivity contribution in [2.24, 2.45) is 0 Å². The fourth-order valence-electron chi connectivity index (χ4n) is 4.41. The SMILES string of the molecule is Cc1ccc(S(=O)(=O)Nc2cccc(C(=O)N3CCN(C4CCCC4)CC3)c2)cc1F. The van der Waals surface area contributed by atoms with Gasteiger partial charge in [-0.3, -0.25) is 14.4 Å². The van der Waals surface area contributed by atoms with Crippen LogP contribution in [0.1, 0.15) is 41.6 Å². The van der Waals surface area contributed by atoms with E-state index in [0.717, 1.165) is 19.2 Å². The highest BCUT2D eigenvalue weighted by molar-refractivity contribution is 7.92.